The molecule has 0 aromatic carbocycles. The third kappa shape index (κ3) is 6.84. The maximum absolute atomic E-state index is 13.4. The molecule has 1 aliphatic heterocycles. The van der Waals surface area contributed by atoms with Gasteiger partial charge in [0.25, 0.3) is 0 Å². The topological polar surface area (TPSA) is 90.0 Å². The molecule has 1 saturated heterocycles. The van der Waals surface area contributed by atoms with Crippen LogP contribution in [0.1, 0.15) is 60.3 Å². The maximum atomic E-state index is 13.4. The molecule has 7 heteroatoms. The lowest BCUT2D eigenvalue weighted by atomic mass is 9.94. The van der Waals surface area contributed by atoms with E-state index in [0.717, 1.165) is 32.2 Å². The van der Waals surface area contributed by atoms with Crippen molar-refractivity contribution >= 4 is 17.8 Å². The predicted octanol–water partition coefficient (Wildman–Crippen LogP) is 2.52. The number of nitrogens with zero attached hydrogens (tertiary/aromatic N) is 2. The molecule has 1 heterocycles. The number of carbonyl (C=O) groups excluding carboxylic acids is 2. The quantitative estimate of drug-likeness (QED) is 0.571. The van der Waals surface area contributed by atoms with E-state index in [2.05, 4.69) is 10.2 Å². The summed E-state index contributed by atoms with van der Waals surface area (Å²) in [6.45, 7) is 10.3. The Morgan fingerprint density at radius 3 is 2.34 bits per heavy atom. The molecule has 29 heavy (non-hydrogen) atoms. The molecule has 0 saturated carbocycles. The van der Waals surface area contributed by atoms with E-state index in [9.17, 15) is 19.5 Å². The smallest absolute Gasteiger partial charge is 0.331 e. The van der Waals surface area contributed by atoms with Crippen molar-refractivity contribution in [2.45, 2.75) is 78.4 Å². The van der Waals surface area contributed by atoms with Gasteiger partial charge >= 0.3 is 5.97 Å². The van der Waals surface area contributed by atoms with E-state index in [-0.39, 0.29) is 41.3 Å². The Bertz CT molecular complexity index is 617. The molecular weight excluding hydrogens is 370 g/mol. The summed E-state index contributed by atoms with van der Waals surface area (Å²) in [7, 11) is 3.64. The summed E-state index contributed by atoms with van der Waals surface area (Å²) < 4.78 is 0. The highest BCUT2D eigenvalue weighted by atomic mass is 16.4. The molecule has 1 fully saturated rings. The number of carboxylic acid groups (broad SMARTS) is 1. The Morgan fingerprint density at radius 2 is 1.86 bits per heavy atom. The number of hydrogen-bond donors (Lipinski definition) is 2. The van der Waals surface area contributed by atoms with Crippen LogP contribution >= 0.6 is 0 Å². The van der Waals surface area contributed by atoms with E-state index in [1.807, 2.05) is 34.7 Å². The second kappa shape index (κ2) is 11.3. The zero-order valence-electron chi connectivity index (χ0n) is 19.1. The number of amides is 2. The molecule has 1 aliphatic rings. The maximum Gasteiger partial charge on any atom is 0.331 e. The average molecular weight is 410 g/mol. The van der Waals surface area contributed by atoms with Crippen LogP contribution in [-0.2, 0) is 14.4 Å². The molecule has 166 valence electrons. The first-order valence-corrected chi connectivity index (χ1v) is 10.7. The Labute approximate surface area is 175 Å². The molecule has 0 bridgehead atoms. The second-order valence-corrected chi connectivity index (χ2v) is 8.70. The van der Waals surface area contributed by atoms with Crippen LogP contribution in [0.4, 0.5) is 0 Å². The minimum atomic E-state index is -0.997. The van der Waals surface area contributed by atoms with Crippen LogP contribution in [0.25, 0.3) is 0 Å². The second-order valence-electron chi connectivity index (χ2n) is 8.70. The fourth-order valence-corrected chi connectivity index (χ4v) is 3.78. The van der Waals surface area contributed by atoms with Crippen LogP contribution in [0, 0.1) is 11.8 Å². The first kappa shape index (κ1) is 25.1. The highest BCUT2D eigenvalue weighted by Gasteiger charge is 2.35. The SMILES string of the molecule is CC[C@H](C)[C@H](NC(=O)[C@H]1CCCCN1C)C(=O)N(C)[C@H](/C=C(\C)C(=O)O)C(C)C. The van der Waals surface area contributed by atoms with Gasteiger partial charge in [0.15, 0.2) is 0 Å². The van der Waals surface area contributed by atoms with Crippen LogP contribution < -0.4 is 5.32 Å². The van der Waals surface area contributed by atoms with Crippen LogP contribution in [0.2, 0.25) is 0 Å². The van der Waals surface area contributed by atoms with Crippen molar-refractivity contribution in [1.29, 1.82) is 0 Å². The monoisotopic (exact) mass is 409 g/mol. The van der Waals surface area contributed by atoms with Crippen molar-refractivity contribution in [3.63, 3.8) is 0 Å². The third-order valence-corrected chi connectivity index (χ3v) is 6.09. The lowest BCUT2D eigenvalue weighted by Gasteiger charge is -2.36. The highest BCUT2D eigenvalue weighted by molar-refractivity contribution is 5.90. The van der Waals surface area contributed by atoms with Gasteiger partial charge < -0.3 is 15.3 Å². The molecule has 0 aromatic rings. The zero-order valence-corrected chi connectivity index (χ0v) is 19.1. The van der Waals surface area contributed by atoms with E-state index in [1.54, 1.807) is 18.0 Å². The summed E-state index contributed by atoms with van der Waals surface area (Å²) in [6, 6.07) is -1.20. The molecule has 0 aromatic heterocycles. The highest BCUT2D eigenvalue weighted by Crippen LogP contribution is 2.20. The summed E-state index contributed by atoms with van der Waals surface area (Å²) in [4.78, 5) is 41.2. The van der Waals surface area contributed by atoms with Gasteiger partial charge in [0.05, 0.1) is 12.1 Å². The number of nitrogens with one attached hydrogen (secondary N) is 1. The van der Waals surface area contributed by atoms with Gasteiger partial charge in [-0.2, -0.15) is 0 Å². The summed E-state index contributed by atoms with van der Waals surface area (Å²) in [5, 5.41) is 12.2. The summed E-state index contributed by atoms with van der Waals surface area (Å²) in [6.07, 6.45) is 5.27. The fraction of sp³-hybridized carbons (Fsp3) is 0.773. The molecule has 7 nitrogen and oxygen atoms in total. The number of rotatable bonds is 9. The standard InChI is InChI=1S/C22H39N3O4/c1-8-15(4)19(23-20(26)17-11-9-10-12-24(17)6)21(27)25(7)18(14(2)3)13-16(5)22(28)29/h13-15,17-19H,8-12H2,1-7H3,(H,23,26)(H,28,29)/b16-13+/t15-,17+,18+,19-/m0/s1. The summed E-state index contributed by atoms with van der Waals surface area (Å²) in [5.41, 5.74) is 0.205. The van der Waals surface area contributed by atoms with Gasteiger partial charge in [0.1, 0.15) is 6.04 Å². The molecule has 2 amide bonds. The van der Waals surface area contributed by atoms with E-state index in [0.29, 0.717) is 0 Å². The number of likely N-dealkylation sites (tertiary alicyclic amines) is 1. The van der Waals surface area contributed by atoms with E-state index >= 15 is 0 Å². The Balaban J connectivity index is 3.06. The first-order valence-electron chi connectivity index (χ1n) is 10.7. The molecule has 0 radical (unpaired) electrons. The average Bonchev–Trinajstić information content (AvgIpc) is 2.68. The lowest BCUT2D eigenvalue weighted by molar-refractivity contribution is -0.140. The molecule has 0 spiro atoms. The minimum absolute atomic E-state index is 0.0276. The number of carbonyl (C=O) groups is 3. The predicted molar refractivity (Wildman–Crippen MR) is 114 cm³/mol. The van der Waals surface area contributed by atoms with Gasteiger partial charge in [-0.3, -0.25) is 14.5 Å². The van der Waals surface area contributed by atoms with Crippen LogP contribution in [0.15, 0.2) is 11.6 Å². The zero-order chi connectivity index (χ0) is 22.3. The lowest BCUT2D eigenvalue weighted by Crippen LogP contribution is -2.57. The molecule has 0 aliphatic carbocycles. The Morgan fingerprint density at radius 1 is 1.24 bits per heavy atom. The minimum Gasteiger partial charge on any atom is -0.478 e. The Kier molecular flexibility index (Phi) is 9.83. The first-order chi connectivity index (χ1) is 13.5. The van der Waals surface area contributed by atoms with Crippen molar-refractivity contribution in [2.75, 3.05) is 20.6 Å². The van der Waals surface area contributed by atoms with Crippen molar-refractivity contribution < 1.29 is 19.5 Å². The van der Waals surface area contributed by atoms with Gasteiger partial charge in [0.2, 0.25) is 11.8 Å². The molecule has 2 N–H and O–H groups in total. The number of piperidine rings is 1. The van der Waals surface area contributed by atoms with E-state index in [1.165, 1.54) is 6.92 Å². The summed E-state index contributed by atoms with van der Waals surface area (Å²) >= 11 is 0. The molecule has 0 unspecified atom stereocenters. The van der Waals surface area contributed by atoms with Crippen LogP contribution in [0.3, 0.4) is 0 Å². The van der Waals surface area contributed by atoms with E-state index < -0.39 is 12.0 Å². The largest absolute Gasteiger partial charge is 0.478 e. The number of likely N-dealkylation sites (N-methyl/N-ethyl adjacent to an activating group) is 2. The normalized spacial score (nSPS) is 21.4. The fourth-order valence-electron chi connectivity index (χ4n) is 3.78. The van der Waals surface area contributed by atoms with Crippen LogP contribution in [0.5, 0.6) is 0 Å². The van der Waals surface area contributed by atoms with Gasteiger partial charge in [0, 0.05) is 12.6 Å². The summed E-state index contributed by atoms with van der Waals surface area (Å²) in [5.74, 6) is -1.27. The molecule has 4 atom stereocenters. The molecule has 1 rings (SSSR count). The van der Waals surface area contributed by atoms with Gasteiger partial charge in [-0.05, 0) is 45.2 Å². The van der Waals surface area contributed by atoms with E-state index in [4.69, 9.17) is 0 Å². The van der Waals surface area contributed by atoms with Gasteiger partial charge in [-0.15, -0.1) is 0 Å². The number of aliphatic carboxylic acids is 1. The van der Waals surface area contributed by atoms with Gasteiger partial charge in [-0.1, -0.05) is 46.6 Å². The van der Waals surface area contributed by atoms with Crippen molar-refractivity contribution in [2.24, 2.45) is 11.8 Å². The number of hydrogen-bond acceptors (Lipinski definition) is 4. The van der Waals surface area contributed by atoms with Crippen molar-refractivity contribution in [1.82, 2.24) is 15.1 Å². The Hall–Kier alpha value is -1.89. The third-order valence-electron chi connectivity index (χ3n) is 6.09. The van der Waals surface area contributed by atoms with Crippen LogP contribution in [-0.4, -0.2) is 71.5 Å². The van der Waals surface area contributed by atoms with Crippen molar-refractivity contribution in [3.8, 4) is 0 Å². The number of carboxylic acids is 1. The van der Waals surface area contributed by atoms with Crippen molar-refractivity contribution in [3.05, 3.63) is 11.6 Å². The molecular formula is C22H39N3O4. The van der Waals surface area contributed by atoms with Gasteiger partial charge in [-0.25, -0.2) is 4.79 Å².